The van der Waals surface area contributed by atoms with Crippen LogP contribution >= 0.6 is 0 Å². The number of benzene rings is 1. The van der Waals surface area contributed by atoms with Crippen molar-refractivity contribution in [3.63, 3.8) is 0 Å². The molecule has 0 atom stereocenters. The van der Waals surface area contributed by atoms with Gasteiger partial charge in [-0.15, -0.1) is 0 Å². The van der Waals surface area contributed by atoms with Crippen LogP contribution in [0, 0.1) is 5.82 Å². The normalized spacial score (nSPS) is 21.4. The Morgan fingerprint density at radius 3 is 2.60 bits per heavy atom. The zero-order valence-corrected chi connectivity index (χ0v) is 15.7. The van der Waals surface area contributed by atoms with E-state index in [1.165, 1.54) is 6.07 Å². The summed E-state index contributed by atoms with van der Waals surface area (Å²) in [6.45, 7) is 7.60. The fourth-order valence-corrected chi connectivity index (χ4v) is 3.74. The van der Waals surface area contributed by atoms with Crippen LogP contribution in [0.1, 0.15) is 45.1 Å². The molecule has 1 saturated heterocycles. The number of guanidine groups is 1. The molecule has 0 bridgehead atoms. The highest BCUT2D eigenvalue weighted by Gasteiger charge is 2.44. The highest BCUT2D eigenvalue weighted by atomic mass is 19.1. The van der Waals surface area contributed by atoms with Gasteiger partial charge in [0.05, 0.1) is 0 Å². The maximum atomic E-state index is 13.5. The number of nitrogens with one attached hydrogen (secondary N) is 2. The lowest BCUT2D eigenvalue weighted by atomic mass is 9.96. The molecule has 1 saturated carbocycles. The number of halogens is 1. The Morgan fingerprint density at radius 2 is 2.04 bits per heavy atom. The van der Waals surface area contributed by atoms with Gasteiger partial charge in [0.2, 0.25) is 0 Å². The smallest absolute Gasteiger partial charge is 0.191 e. The van der Waals surface area contributed by atoms with Crippen LogP contribution in [0.2, 0.25) is 0 Å². The number of likely N-dealkylation sites (tertiary alicyclic amines) is 1. The van der Waals surface area contributed by atoms with E-state index in [0.717, 1.165) is 56.8 Å². The van der Waals surface area contributed by atoms with Crippen LogP contribution in [0.4, 0.5) is 4.39 Å². The summed E-state index contributed by atoms with van der Waals surface area (Å²) in [5.74, 6) is 0.717. The molecule has 0 radical (unpaired) electrons. The van der Waals surface area contributed by atoms with Crippen molar-refractivity contribution in [1.82, 2.24) is 15.5 Å². The van der Waals surface area contributed by atoms with Gasteiger partial charge in [0.25, 0.3) is 0 Å². The summed E-state index contributed by atoms with van der Waals surface area (Å²) >= 11 is 0. The summed E-state index contributed by atoms with van der Waals surface area (Å²) in [6.07, 6.45) is 4.50. The van der Waals surface area contributed by atoms with Gasteiger partial charge in [-0.05, 0) is 57.2 Å². The predicted molar refractivity (Wildman–Crippen MR) is 102 cm³/mol. The summed E-state index contributed by atoms with van der Waals surface area (Å²) in [7, 11) is 1.82. The second-order valence-electron chi connectivity index (χ2n) is 7.76. The van der Waals surface area contributed by atoms with Gasteiger partial charge >= 0.3 is 0 Å². The van der Waals surface area contributed by atoms with Crippen LogP contribution in [-0.2, 0) is 5.41 Å². The fourth-order valence-electron chi connectivity index (χ4n) is 3.74. The lowest BCUT2D eigenvalue weighted by Gasteiger charge is -2.35. The van der Waals surface area contributed by atoms with E-state index >= 15 is 0 Å². The van der Waals surface area contributed by atoms with Crippen molar-refractivity contribution >= 4 is 5.96 Å². The monoisotopic (exact) mass is 346 g/mol. The van der Waals surface area contributed by atoms with Gasteiger partial charge in [0, 0.05) is 44.2 Å². The molecule has 0 amide bonds. The maximum absolute atomic E-state index is 13.5. The molecule has 25 heavy (non-hydrogen) atoms. The summed E-state index contributed by atoms with van der Waals surface area (Å²) in [5, 5.41) is 7.04. The Balaban J connectivity index is 1.50. The first-order chi connectivity index (χ1) is 12.0. The van der Waals surface area contributed by atoms with E-state index in [1.807, 2.05) is 13.1 Å². The van der Waals surface area contributed by atoms with Crippen molar-refractivity contribution in [2.75, 3.05) is 26.7 Å². The second-order valence-corrected chi connectivity index (χ2v) is 7.76. The Bertz CT molecular complexity index is 601. The summed E-state index contributed by atoms with van der Waals surface area (Å²) in [6, 6.07) is 8.13. The Hall–Kier alpha value is -1.62. The van der Waals surface area contributed by atoms with E-state index in [9.17, 15) is 4.39 Å². The Morgan fingerprint density at radius 1 is 1.32 bits per heavy atom. The van der Waals surface area contributed by atoms with Crippen LogP contribution < -0.4 is 10.6 Å². The molecule has 0 aromatic heterocycles. The molecule has 0 spiro atoms. The van der Waals surface area contributed by atoms with Gasteiger partial charge in [-0.25, -0.2) is 4.39 Å². The van der Waals surface area contributed by atoms with Crippen LogP contribution in [0.3, 0.4) is 0 Å². The molecule has 0 unspecified atom stereocenters. The zero-order chi connectivity index (χ0) is 17.9. The van der Waals surface area contributed by atoms with Crippen LogP contribution in [0.25, 0.3) is 0 Å². The lowest BCUT2D eigenvalue weighted by molar-refractivity contribution is 0.167. The second kappa shape index (κ2) is 7.73. The predicted octanol–water partition coefficient (Wildman–Crippen LogP) is 2.90. The molecule has 1 aliphatic carbocycles. The van der Waals surface area contributed by atoms with E-state index in [-0.39, 0.29) is 11.2 Å². The minimum Gasteiger partial charge on any atom is -0.356 e. The van der Waals surface area contributed by atoms with E-state index < -0.39 is 0 Å². The SMILES string of the molecule is CN=C(NCC1(c2cccc(F)c2)CC1)NC1CCN(C(C)C)CC1. The van der Waals surface area contributed by atoms with Crippen LogP contribution in [0.15, 0.2) is 29.3 Å². The fraction of sp³-hybridized carbons (Fsp3) is 0.650. The number of rotatable bonds is 5. The quantitative estimate of drug-likeness (QED) is 0.636. The zero-order valence-electron chi connectivity index (χ0n) is 15.7. The molecular weight excluding hydrogens is 315 g/mol. The first-order valence-corrected chi connectivity index (χ1v) is 9.50. The average molecular weight is 346 g/mol. The van der Waals surface area contributed by atoms with Gasteiger partial charge in [0.15, 0.2) is 5.96 Å². The number of nitrogens with zero attached hydrogens (tertiary/aromatic N) is 2. The van der Waals surface area contributed by atoms with Crippen LogP contribution in [-0.4, -0.2) is 49.6 Å². The third-order valence-corrected chi connectivity index (χ3v) is 5.71. The van der Waals surface area contributed by atoms with Crippen molar-refractivity contribution in [2.45, 2.75) is 57.0 Å². The Labute approximate surface area is 150 Å². The van der Waals surface area contributed by atoms with Crippen molar-refractivity contribution in [3.8, 4) is 0 Å². The molecule has 5 heteroatoms. The lowest BCUT2D eigenvalue weighted by Crippen LogP contribution is -2.50. The number of aliphatic imine (C=N–C) groups is 1. The van der Waals surface area contributed by atoms with Gasteiger partial charge in [-0.3, -0.25) is 4.99 Å². The van der Waals surface area contributed by atoms with Gasteiger partial charge in [0.1, 0.15) is 5.82 Å². The topological polar surface area (TPSA) is 39.7 Å². The summed E-state index contributed by atoms with van der Waals surface area (Å²) in [5.41, 5.74) is 1.17. The standard InChI is InChI=1S/C20H31FN4/c1-15(2)25-11-7-18(8-12-25)24-19(22-3)23-14-20(9-10-20)16-5-4-6-17(21)13-16/h4-6,13,15,18H,7-12,14H2,1-3H3,(H2,22,23,24). The van der Waals surface area contributed by atoms with Crippen molar-refractivity contribution in [2.24, 2.45) is 4.99 Å². The molecule has 2 fully saturated rings. The average Bonchev–Trinajstić information content (AvgIpc) is 3.40. The first-order valence-electron chi connectivity index (χ1n) is 9.50. The molecule has 4 nitrogen and oxygen atoms in total. The van der Waals surface area contributed by atoms with E-state index in [0.29, 0.717) is 12.1 Å². The van der Waals surface area contributed by atoms with Crippen molar-refractivity contribution in [1.29, 1.82) is 0 Å². The third kappa shape index (κ3) is 4.51. The third-order valence-electron chi connectivity index (χ3n) is 5.71. The molecule has 138 valence electrons. The van der Waals surface area contributed by atoms with Gasteiger partial charge < -0.3 is 15.5 Å². The van der Waals surface area contributed by atoms with Gasteiger partial charge in [-0.2, -0.15) is 0 Å². The van der Waals surface area contributed by atoms with Gasteiger partial charge in [-0.1, -0.05) is 12.1 Å². The summed E-state index contributed by atoms with van der Waals surface area (Å²) in [4.78, 5) is 6.91. The van der Waals surface area contributed by atoms with E-state index in [2.05, 4.69) is 34.4 Å². The molecule has 1 aromatic rings. The molecule has 1 aliphatic heterocycles. The largest absolute Gasteiger partial charge is 0.356 e. The minimum atomic E-state index is -0.150. The van der Waals surface area contributed by atoms with E-state index in [1.54, 1.807) is 12.1 Å². The van der Waals surface area contributed by atoms with E-state index in [4.69, 9.17) is 0 Å². The summed E-state index contributed by atoms with van der Waals surface area (Å²) < 4.78 is 13.5. The Kier molecular flexibility index (Phi) is 5.62. The molecule has 2 aliphatic rings. The highest BCUT2D eigenvalue weighted by Crippen LogP contribution is 2.47. The number of hydrogen-bond donors (Lipinski definition) is 2. The highest BCUT2D eigenvalue weighted by molar-refractivity contribution is 5.80. The molecule has 1 heterocycles. The maximum Gasteiger partial charge on any atom is 0.191 e. The first kappa shape index (κ1) is 18.2. The van der Waals surface area contributed by atoms with Crippen molar-refractivity contribution in [3.05, 3.63) is 35.6 Å². The van der Waals surface area contributed by atoms with Crippen LogP contribution in [0.5, 0.6) is 0 Å². The molecule has 1 aromatic carbocycles. The molecular formula is C20H31FN4. The van der Waals surface area contributed by atoms with Crippen molar-refractivity contribution < 1.29 is 4.39 Å². The number of hydrogen-bond acceptors (Lipinski definition) is 2. The minimum absolute atomic E-state index is 0.0702. The number of piperidine rings is 1. The molecule has 3 rings (SSSR count). The molecule has 2 N–H and O–H groups in total.